The highest BCUT2D eigenvalue weighted by Gasteiger charge is 2.25. The SMILES string of the molecule is CC(C)C(NC(=O)c1ccc(F)cc1)C(=O)Nc1cccc(C(N)=O)c1. The Hall–Kier alpha value is -3.22. The molecule has 6 nitrogen and oxygen atoms in total. The van der Waals surface area contributed by atoms with Crippen LogP contribution in [0.3, 0.4) is 0 Å². The van der Waals surface area contributed by atoms with Gasteiger partial charge in [-0.05, 0) is 48.4 Å². The summed E-state index contributed by atoms with van der Waals surface area (Å²) >= 11 is 0. The zero-order chi connectivity index (χ0) is 19.3. The predicted molar refractivity (Wildman–Crippen MR) is 96.1 cm³/mol. The Morgan fingerprint density at radius 3 is 2.23 bits per heavy atom. The fourth-order valence-corrected chi connectivity index (χ4v) is 2.33. The molecule has 0 fully saturated rings. The third-order valence-corrected chi connectivity index (χ3v) is 3.76. The molecule has 2 rings (SSSR count). The molecule has 0 aliphatic heterocycles. The van der Waals surface area contributed by atoms with Crippen molar-refractivity contribution in [3.05, 3.63) is 65.5 Å². The molecule has 0 aromatic heterocycles. The second kappa shape index (κ2) is 8.24. The lowest BCUT2D eigenvalue weighted by Gasteiger charge is -2.22. The van der Waals surface area contributed by atoms with Crippen molar-refractivity contribution in [3.8, 4) is 0 Å². The van der Waals surface area contributed by atoms with Gasteiger partial charge in [-0.2, -0.15) is 0 Å². The van der Waals surface area contributed by atoms with Gasteiger partial charge in [0.05, 0.1) is 0 Å². The third-order valence-electron chi connectivity index (χ3n) is 3.76. The Kier molecular flexibility index (Phi) is 6.06. The molecule has 2 aromatic rings. The first kappa shape index (κ1) is 19.1. The van der Waals surface area contributed by atoms with Crippen LogP contribution in [0.25, 0.3) is 0 Å². The van der Waals surface area contributed by atoms with Crippen molar-refractivity contribution >= 4 is 23.4 Å². The van der Waals surface area contributed by atoms with E-state index in [-0.39, 0.29) is 17.0 Å². The maximum absolute atomic E-state index is 13.0. The van der Waals surface area contributed by atoms with Gasteiger partial charge in [0.2, 0.25) is 11.8 Å². The third kappa shape index (κ3) is 4.89. The van der Waals surface area contributed by atoms with Crippen molar-refractivity contribution in [1.29, 1.82) is 0 Å². The number of halogens is 1. The molecule has 0 heterocycles. The first-order valence-electron chi connectivity index (χ1n) is 8.05. The van der Waals surface area contributed by atoms with E-state index in [1.807, 2.05) is 0 Å². The maximum Gasteiger partial charge on any atom is 0.251 e. The normalized spacial score (nSPS) is 11.7. The summed E-state index contributed by atoms with van der Waals surface area (Å²) in [5.74, 6) is -2.17. The van der Waals surface area contributed by atoms with Gasteiger partial charge in [-0.1, -0.05) is 19.9 Å². The number of carbonyl (C=O) groups is 3. The summed E-state index contributed by atoms with van der Waals surface area (Å²) in [6.45, 7) is 3.57. The Labute approximate surface area is 150 Å². The molecule has 0 saturated heterocycles. The molecule has 26 heavy (non-hydrogen) atoms. The molecular weight excluding hydrogens is 337 g/mol. The molecule has 0 aliphatic rings. The van der Waals surface area contributed by atoms with Gasteiger partial charge in [-0.25, -0.2) is 4.39 Å². The number of primary amides is 1. The van der Waals surface area contributed by atoms with Gasteiger partial charge in [0.15, 0.2) is 0 Å². The average Bonchev–Trinajstić information content (AvgIpc) is 2.59. The minimum atomic E-state index is -0.815. The monoisotopic (exact) mass is 357 g/mol. The summed E-state index contributed by atoms with van der Waals surface area (Å²) in [5, 5.41) is 5.31. The zero-order valence-electron chi connectivity index (χ0n) is 14.5. The number of anilines is 1. The van der Waals surface area contributed by atoms with Crippen molar-refractivity contribution in [1.82, 2.24) is 5.32 Å². The molecule has 136 valence electrons. The molecule has 1 atom stereocenters. The van der Waals surface area contributed by atoms with Crippen LogP contribution in [0.5, 0.6) is 0 Å². The minimum Gasteiger partial charge on any atom is -0.366 e. The molecule has 1 unspecified atom stereocenters. The number of benzene rings is 2. The number of rotatable bonds is 6. The van der Waals surface area contributed by atoms with E-state index in [0.717, 1.165) is 0 Å². The number of amides is 3. The van der Waals surface area contributed by atoms with Crippen molar-refractivity contribution < 1.29 is 18.8 Å². The van der Waals surface area contributed by atoms with Crippen molar-refractivity contribution in [2.45, 2.75) is 19.9 Å². The van der Waals surface area contributed by atoms with Gasteiger partial charge in [-0.15, -0.1) is 0 Å². The Bertz CT molecular complexity index is 819. The molecular formula is C19H20FN3O3. The van der Waals surface area contributed by atoms with Crippen LogP contribution in [-0.2, 0) is 4.79 Å². The van der Waals surface area contributed by atoms with Crippen LogP contribution in [0.2, 0.25) is 0 Å². The van der Waals surface area contributed by atoms with Gasteiger partial charge in [0, 0.05) is 16.8 Å². The highest BCUT2D eigenvalue weighted by molar-refractivity contribution is 6.02. The summed E-state index contributed by atoms with van der Waals surface area (Å²) < 4.78 is 13.0. The van der Waals surface area contributed by atoms with Crippen LogP contribution in [0, 0.1) is 11.7 Å². The van der Waals surface area contributed by atoms with Gasteiger partial charge in [0.25, 0.3) is 5.91 Å². The Balaban J connectivity index is 2.12. The number of nitrogens with two attached hydrogens (primary N) is 1. The largest absolute Gasteiger partial charge is 0.366 e. The fraction of sp³-hybridized carbons (Fsp3) is 0.211. The summed E-state index contributed by atoms with van der Waals surface area (Å²) in [5.41, 5.74) is 6.14. The van der Waals surface area contributed by atoms with Crippen molar-refractivity contribution in [2.24, 2.45) is 11.7 Å². The molecule has 2 aromatic carbocycles. The lowest BCUT2D eigenvalue weighted by Crippen LogP contribution is -2.47. The Morgan fingerprint density at radius 1 is 1.00 bits per heavy atom. The summed E-state index contributed by atoms with van der Waals surface area (Å²) in [4.78, 5) is 36.1. The number of hydrogen-bond acceptors (Lipinski definition) is 3. The van der Waals surface area contributed by atoms with Gasteiger partial charge < -0.3 is 16.4 Å². The van der Waals surface area contributed by atoms with E-state index >= 15 is 0 Å². The molecule has 0 aliphatic carbocycles. The number of carbonyl (C=O) groups excluding carboxylic acids is 3. The van der Waals surface area contributed by atoms with Crippen LogP contribution in [0.15, 0.2) is 48.5 Å². The minimum absolute atomic E-state index is 0.196. The van der Waals surface area contributed by atoms with Crippen LogP contribution in [-0.4, -0.2) is 23.8 Å². The molecule has 4 N–H and O–H groups in total. The number of nitrogens with one attached hydrogen (secondary N) is 2. The van der Waals surface area contributed by atoms with E-state index in [1.165, 1.54) is 36.4 Å². The van der Waals surface area contributed by atoms with Gasteiger partial charge in [-0.3, -0.25) is 14.4 Å². The van der Waals surface area contributed by atoms with Crippen LogP contribution >= 0.6 is 0 Å². The molecule has 0 saturated carbocycles. The van der Waals surface area contributed by atoms with Crippen LogP contribution in [0.4, 0.5) is 10.1 Å². The smallest absolute Gasteiger partial charge is 0.251 e. The molecule has 0 bridgehead atoms. The van der Waals surface area contributed by atoms with E-state index < -0.39 is 29.6 Å². The molecule has 0 radical (unpaired) electrons. The summed E-state index contributed by atoms with van der Waals surface area (Å²) in [6.07, 6.45) is 0. The van der Waals surface area contributed by atoms with Crippen molar-refractivity contribution in [2.75, 3.05) is 5.32 Å². The van der Waals surface area contributed by atoms with Crippen LogP contribution in [0.1, 0.15) is 34.6 Å². The molecule has 7 heteroatoms. The predicted octanol–water partition coefficient (Wildman–Crippen LogP) is 2.32. The van der Waals surface area contributed by atoms with E-state index in [4.69, 9.17) is 5.73 Å². The second-order valence-corrected chi connectivity index (χ2v) is 6.14. The van der Waals surface area contributed by atoms with E-state index in [2.05, 4.69) is 10.6 Å². The van der Waals surface area contributed by atoms with E-state index in [1.54, 1.807) is 26.0 Å². The standard InChI is InChI=1S/C19H20FN3O3/c1-11(2)16(23-18(25)12-6-8-14(20)9-7-12)19(26)22-15-5-3-4-13(10-15)17(21)24/h3-11,16H,1-2H3,(H2,21,24)(H,22,26)(H,23,25). The summed E-state index contributed by atoms with van der Waals surface area (Å²) in [6, 6.07) is 10.4. The molecule has 0 spiro atoms. The quantitative estimate of drug-likeness (QED) is 0.739. The lowest BCUT2D eigenvalue weighted by molar-refractivity contribution is -0.118. The highest BCUT2D eigenvalue weighted by atomic mass is 19.1. The van der Waals surface area contributed by atoms with E-state index in [0.29, 0.717) is 5.69 Å². The average molecular weight is 357 g/mol. The second-order valence-electron chi connectivity index (χ2n) is 6.14. The fourth-order valence-electron chi connectivity index (χ4n) is 2.33. The first-order valence-corrected chi connectivity index (χ1v) is 8.05. The maximum atomic E-state index is 13.0. The van der Waals surface area contributed by atoms with Gasteiger partial charge in [0.1, 0.15) is 11.9 Å². The highest BCUT2D eigenvalue weighted by Crippen LogP contribution is 2.13. The van der Waals surface area contributed by atoms with Crippen molar-refractivity contribution in [3.63, 3.8) is 0 Å². The summed E-state index contributed by atoms with van der Waals surface area (Å²) in [7, 11) is 0. The van der Waals surface area contributed by atoms with E-state index in [9.17, 15) is 18.8 Å². The van der Waals surface area contributed by atoms with Gasteiger partial charge >= 0.3 is 0 Å². The topological polar surface area (TPSA) is 101 Å². The van der Waals surface area contributed by atoms with Crippen LogP contribution < -0.4 is 16.4 Å². The Morgan fingerprint density at radius 2 is 1.65 bits per heavy atom. The zero-order valence-corrected chi connectivity index (χ0v) is 14.5. The molecule has 3 amide bonds. The first-order chi connectivity index (χ1) is 12.3. The lowest BCUT2D eigenvalue weighted by atomic mass is 10.0. The number of hydrogen-bond donors (Lipinski definition) is 3.